The molecule has 0 spiro atoms. The molecule has 0 saturated heterocycles. The van der Waals surface area contributed by atoms with Crippen molar-refractivity contribution in [1.82, 2.24) is 10.9 Å². The molecule has 3 aromatic rings. The maximum Gasteiger partial charge on any atom is 0.257 e. The van der Waals surface area contributed by atoms with Crippen LogP contribution < -0.4 is 25.1 Å². The van der Waals surface area contributed by atoms with Gasteiger partial charge in [-0.05, 0) is 89.5 Å². The molecule has 0 unspecified atom stereocenters. The standard InChI is InChI=1S/C25H26N6O3.ClH/c1-32-22-10-4-19(5-11-22)16-26-29-25(30-27-17-20-6-12-23(33-2)13-7-20)31-28-18-21-8-14-24(34-3)15-9-21;/h4-18H,1-3H3,(H2,29,30,31);1H. The summed E-state index contributed by atoms with van der Waals surface area (Å²) in [7, 11) is 4.87. The van der Waals surface area contributed by atoms with Crippen LogP contribution in [0.5, 0.6) is 17.2 Å². The summed E-state index contributed by atoms with van der Waals surface area (Å²) in [4.78, 5) is 0. The molecule has 35 heavy (non-hydrogen) atoms. The van der Waals surface area contributed by atoms with Gasteiger partial charge in [-0.25, -0.2) is 10.9 Å². The van der Waals surface area contributed by atoms with Crippen LogP contribution in [0.25, 0.3) is 0 Å². The van der Waals surface area contributed by atoms with Crippen LogP contribution in [0.4, 0.5) is 0 Å². The number of benzene rings is 3. The van der Waals surface area contributed by atoms with E-state index in [0.717, 1.165) is 33.9 Å². The van der Waals surface area contributed by atoms with Gasteiger partial charge in [0.25, 0.3) is 5.96 Å². The Hall–Kier alpha value is -4.37. The Bertz CT molecular complexity index is 1080. The molecule has 10 heteroatoms. The molecule has 0 aliphatic rings. The van der Waals surface area contributed by atoms with Crippen LogP contribution in [0, 0.1) is 0 Å². The van der Waals surface area contributed by atoms with E-state index < -0.39 is 0 Å². The second-order valence-corrected chi connectivity index (χ2v) is 6.75. The molecule has 182 valence electrons. The lowest BCUT2D eigenvalue weighted by atomic mass is 10.2. The summed E-state index contributed by atoms with van der Waals surface area (Å²) >= 11 is 0. The predicted molar refractivity (Wildman–Crippen MR) is 143 cm³/mol. The highest BCUT2D eigenvalue weighted by Gasteiger charge is 1.97. The molecule has 3 aromatic carbocycles. The second-order valence-electron chi connectivity index (χ2n) is 6.75. The van der Waals surface area contributed by atoms with Crippen LogP contribution in [0.15, 0.2) is 93.2 Å². The first kappa shape index (κ1) is 26.9. The summed E-state index contributed by atoms with van der Waals surface area (Å²) in [6, 6.07) is 22.4. The number of nitrogens with one attached hydrogen (secondary N) is 2. The van der Waals surface area contributed by atoms with E-state index in [1.54, 1.807) is 40.0 Å². The molecule has 2 N–H and O–H groups in total. The Morgan fingerprint density at radius 3 is 1.26 bits per heavy atom. The van der Waals surface area contributed by atoms with E-state index in [0.29, 0.717) is 0 Å². The van der Waals surface area contributed by atoms with Crippen molar-refractivity contribution >= 4 is 37.0 Å². The zero-order valence-electron chi connectivity index (χ0n) is 19.6. The number of guanidine groups is 1. The number of hydrogen-bond donors (Lipinski definition) is 2. The average Bonchev–Trinajstić information content (AvgIpc) is 2.89. The Morgan fingerprint density at radius 1 is 0.571 bits per heavy atom. The van der Waals surface area contributed by atoms with Gasteiger partial charge in [0.05, 0.1) is 40.0 Å². The first-order valence-electron chi connectivity index (χ1n) is 10.3. The van der Waals surface area contributed by atoms with Crippen molar-refractivity contribution in [1.29, 1.82) is 0 Å². The number of methoxy groups -OCH3 is 3. The van der Waals surface area contributed by atoms with E-state index in [1.165, 1.54) is 0 Å². The lowest BCUT2D eigenvalue weighted by Crippen LogP contribution is -2.30. The highest BCUT2D eigenvalue weighted by atomic mass is 35.5. The molecule has 0 aliphatic heterocycles. The van der Waals surface area contributed by atoms with Crippen molar-refractivity contribution in [2.45, 2.75) is 0 Å². The smallest absolute Gasteiger partial charge is 0.257 e. The van der Waals surface area contributed by atoms with Crippen LogP contribution in [-0.4, -0.2) is 45.9 Å². The summed E-state index contributed by atoms with van der Waals surface area (Å²) in [6.07, 6.45) is 4.91. The van der Waals surface area contributed by atoms with Gasteiger partial charge in [-0.15, -0.1) is 17.5 Å². The molecule has 0 saturated carbocycles. The molecule has 9 nitrogen and oxygen atoms in total. The summed E-state index contributed by atoms with van der Waals surface area (Å²) in [5.41, 5.74) is 8.27. The summed E-state index contributed by atoms with van der Waals surface area (Å²) < 4.78 is 15.5. The highest BCUT2D eigenvalue weighted by molar-refractivity contribution is 5.87. The van der Waals surface area contributed by atoms with Gasteiger partial charge in [-0.2, -0.15) is 15.3 Å². The molecule has 0 aliphatic carbocycles. The first-order valence-corrected chi connectivity index (χ1v) is 10.3. The minimum atomic E-state index is 0. The van der Waals surface area contributed by atoms with Crippen molar-refractivity contribution in [2.24, 2.45) is 20.4 Å². The number of hydrazone groups is 2. The molecule has 3 rings (SSSR count). The third-order valence-corrected chi connectivity index (χ3v) is 4.48. The quantitative estimate of drug-likeness (QED) is 0.265. The van der Waals surface area contributed by atoms with Crippen molar-refractivity contribution in [2.75, 3.05) is 21.3 Å². The lowest BCUT2D eigenvalue weighted by molar-refractivity contribution is 0.414. The monoisotopic (exact) mass is 494 g/mol. The number of hydrogen-bond acceptors (Lipinski definition) is 7. The first-order chi connectivity index (χ1) is 16.7. The normalized spacial score (nSPS) is 10.7. The van der Waals surface area contributed by atoms with Crippen molar-refractivity contribution in [3.8, 4) is 17.2 Å². The summed E-state index contributed by atoms with van der Waals surface area (Å²) in [5, 5.41) is 16.7. The van der Waals surface area contributed by atoms with Gasteiger partial charge >= 0.3 is 0 Å². The van der Waals surface area contributed by atoms with Crippen molar-refractivity contribution in [3.63, 3.8) is 0 Å². The Labute approximate surface area is 210 Å². The van der Waals surface area contributed by atoms with E-state index >= 15 is 0 Å². The molecule has 0 bridgehead atoms. The third-order valence-electron chi connectivity index (χ3n) is 4.48. The fourth-order valence-electron chi connectivity index (χ4n) is 2.63. The van der Waals surface area contributed by atoms with Gasteiger partial charge in [-0.1, -0.05) is 0 Å². The predicted octanol–water partition coefficient (Wildman–Crippen LogP) is 4.07. The van der Waals surface area contributed by atoms with Gasteiger partial charge in [0.15, 0.2) is 0 Å². The molecule has 0 heterocycles. The second kappa shape index (κ2) is 14.7. The SMILES string of the molecule is COc1ccc(C=NN=C(NN=Cc2ccc(OC)cc2)NN=Cc2ccc(OC)cc2)cc1.Cl. The number of nitrogens with zero attached hydrogens (tertiary/aromatic N) is 4. The van der Waals surface area contributed by atoms with E-state index in [-0.39, 0.29) is 18.4 Å². The molecule has 0 atom stereocenters. The van der Waals surface area contributed by atoms with Crippen LogP contribution in [0.1, 0.15) is 16.7 Å². The fraction of sp³-hybridized carbons (Fsp3) is 0.120. The van der Waals surface area contributed by atoms with E-state index in [4.69, 9.17) is 14.2 Å². The van der Waals surface area contributed by atoms with Crippen molar-refractivity contribution in [3.05, 3.63) is 89.5 Å². The van der Waals surface area contributed by atoms with Gasteiger partial charge < -0.3 is 14.2 Å². The Kier molecular flexibility index (Phi) is 11.3. The van der Waals surface area contributed by atoms with Gasteiger partial charge in [0.1, 0.15) is 17.2 Å². The number of ether oxygens (including phenoxy) is 3. The molecular weight excluding hydrogens is 468 g/mol. The van der Waals surface area contributed by atoms with Gasteiger partial charge in [0.2, 0.25) is 0 Å². The molecule has 0 radical (unpaired) electrons. The Morgan fingerprint density at radius 2 is 0.914 bits per heavy atom. The maximum atomic E-state index is 5.16. The number of rotatable bonds is 9. The lowest BCUT2D eigenvalue weighted by Gasteiger charge is -2.03. The fourth-order valence-corrected chi connectivity index (χ4v) is 2.63. The van der Waals surface area contributed by atoms with Crippen LogP contribution in [-0.2, 0) is 0 Å². The molecule has 0 aromatic heterocycles. The highest BCUT2D eigenvalue weighted by Crippen LogP contribution is 2.11. The minimum absolute atomic E-state index is 0. The summed E-state index contributed by atoms with van der Waals surface area (Å²) in [5.74, 6) is 2.55. The zero-order chi connectivity index (χ0) is 24.0. The van der Waals surface area contributed by atoms with Crippen LogP contribution in [0.3, 0.4) is 0 Å². The zero-order valence-corrected chi connectivity index (χ0v) is 20.4. The van der Waals surface area contributed by atoms with E-state index in [2.05, 4.69) is 31.3 Å². The van der Waals surface area contributed by atoms with Crippen molar-refractivity contribution < 1.29 is 14.2 Å². The van der Waals surface area contributed by atoms with Crippen LogP contribution in [0.2, 0.25) is 0 Å². The Balaban J connectivity index is 0.00000432. The minimum Gasteiger partial charge on any atom is -0.497 e. The molecular formula is C25H27ClN6O3. The maximum absolute atomic E-state index is 5.16. The summed E-state index contributed by atoms with van der Waals surface area (Å²) in [6.45, 7) is 0. The largest absolute Gasteiger partial charge is 0.497 e. The van der Waals surface area contributed by atoms with Crippen LogP contribution >= 0.6 is 12.4 Å². The topological polar surface area (TPSA) is 101 Å². The average molecular weight is 495 g/mol. The molecule has 0 amide bonds. The van der Waals surface area contributed by atoms with Gasteiger partial charge in [-0.3, -0.25) is 0 Å². The third kappa shape index (κ3) is 9.18. The number of halogens is 1. The molecule has 0 fully saturated rings. The van der Waals surface area contributed by atoms with E-state index in [1.807, 2.05) is 72.8 Å². The van der Waals surface area contributed by atoms with E-state index in [9.17, 15) is 0 Å². The van der Waals surface area contributed by atoms with Gasteiger partial charge in [0, 0.05) is 0 Å².